The largest absolute Gasteiger partial charge is 0.339 e. The molecule has 1 saturated heterocycles. The third kappa shape index (κ3) is 6.03. The van der Waals surface area contributed by atoms with Crippen LogP contribution >= 0.6 is 11.8 Å². The number of thioether (sulfide) groups is 1. The van der Waals surface area contributed by atoms with Gasteiger partial charge in [-0.3, -0.25) is 14.5 Å². The van der Waals surface area contributed by atoms with E-state index in [-0.39, 0.29) is 24.2 Å². The fourth-order valence-corrected chi connectivity index (χ4v) is 3.69. The molecule has 0 spiro atoms. The van der Waals surface area contributed by atoms with Gasteiger partial charge in [0.05, 0.1) is 12.3 Å². The van der Waals surface area contributed by atoms with Gasteiger partial charge in [0.25, 0.3) is 0 Å². The van der Waals surface area contributed by atoms with Crippen LogP contribution in [0.15, 0.2) is 53.4 Å². The van der Waals surface area contributed by atoms with E-state index in [0.29, 0.717) is 37.6 Å². The summed E-state index contributed by atoms with van der Waals surface area (Å²) >= 11 is 1.38. The second-order valence-corrected chi connectivity index (χ2v) is 7.51. The Kier molecular flexibility index (Phi) is 7.00. The Morgan fingerprint density at radius 3 is 2.36 bits per heavy atom. The summed E-state index contributed by atoms with van der Waals surface area (Å²) in [5, 5.41) is 2.68. The molecule has 0 bridgehead atoms. The first kappa shape index (κ1) is 20.3. The number of anilines is 1. The van der Waals surface area contributed by atoms with Crippen molar-refractivity contribution < 1.29 is 18.4 Å². The fourth-order valence-electron chi connectivity index (χ4n) is 2.89. The lowest BCUT2D eigenvalue weighted by atomic mass is 10.3. The maximum atomic E-state index is 13.2. The monoisotopic (exact) mass is 405 g/mol. The van der Waals surface area contributed by atoms with E-state index in [9.17, 15) is 18.4 Å². The lowest BCUT2D eigenvalue weighted by molar-refractivity contribution is -0.130. The van der Waals surface area contributed by atoms with Crippen LogP contribution < -0.4 is 5.32 Å². The Labute approximate surface area is 166 Å². The van der Waals surface area contributed by atoms with Crippen molar-refractivity contribution in [3.63, 3.8) is 0 Å². The first-order chi connectivity index (χ1) is 13.5. The van der Waals surface area contributed by atoms with E-state index < -0.39 is 5.82 Å². The molecule has 1 fully saturated rings. The van der Waals surface area contributed by atoms with Gasteiger partial charge in [0.15, 0.2) is 0 Å². The van der Waals surface area contributed by atoms with Crippen molar-refractivity contribution in [3.05, 3.63) is 60.2 Å². The molecule has 0 unspecified atom stereocenters. The second-order valence-electron chi connectivity index (χ2n) is 6.46. The molecule has 0 radical (unpaired) electrons. The Morgan fingerprint density at radius 1 is 0.964 bits per heavy atom. The zero-order valence-electron chi connectivity index (χ0n) is 15.2. The highest BCUT2D eigenvalue weighted by molar-refractivity contribution is 8.00. The standard InChI is InChI=1S/C20H21F2N3O2S/c21-15-4-6-18(7-5-15)28-14-20(27)25-10-8-24(9-11-25)13-19(26)23-17-3-1-2-16(22)12-17/h1-7,12H,8-11,13-14H2,(H,23,26). The summed E-state index contributed by atoms with van der Waals surface area (Å²) in [7, 11) is 0. The van der Waals surface area contributed by atoms with Crippen molar-refractivity contribution in [1.82, 2.24) is 9.80 Å². The first-order valence-corrected chi connectivity index (χ1v) is 9.92. The van der Waals surface area contributed by atoms with E-state index >= 15 is 0 Å². The maximum Gasteiger partial charge on any atom is 0.238 e. The SMILES string of the molecule is O=C(CN1CCN(C(=O)CSc2ccc(F)cc2)CC1)Nc1cccc(F)c1. The molecule has 0 saturated carbocycles. The van der Waals surface area contributed by atoms with E-state index in [4.69, 9.17) is 0 Å². The molecule has 1 aliphatic rings. The van der Waals surface area contributed by atoms with Crippen LogP contribution in [0.25, 0.3) is 0 Å². The Morgan fingerprint density at radius 2 is 1.68 bits per heavy atom. The second kappa shape index (κ2) is 9.66. The third-order valence-electron chi connectivity index (χ3n) is 4.38. The van der Waals surface area contributed by atoms with Gasteiger partial charge in [0, 0.05) is 36.8 Å². The van der Waals surface area contributed by atoms with E-state index in [1.165, 1.54) is 36.0 Å². The molecule has 0 aromatic heterocycles. The van der Waals surface area contributed by atoms with Crippen molar-refractivity contribution in [2.24, 2.45) is 0 Å². The van der Waals surface area contributed by atoms with E-state index in [1.807, 2.05) is 4.90 Å². The van der Waals surface area contributed by atoms with E-state index in [2.05, 4.69) is 5.32 Å². The number of piperazine rings is 1. The van der Waals surface area contributed by atoms with Gasteiger partial charge in [-0.2, -0.15) is 0 Å². The van der Waals surface area contributed by atoms with E-state index in [0.717, 1.165) is 4.90 Å². The van der Waals surface area contributed by atoms with E-state index in [1.54, 1.807) is 29.2 Å². The minimum Gasteiger partial charge on any atom is -0.339 e. The molecule has 8 heteroatoms. The normalized spacial score (nSPS) is 14.7. The van der Waals surface area contributed by atoms with Gasteiger partial charge in [-0.15, -0.1) is 11.8 Å². The van der Waals surface area contributed by atoms with Crippen LogP contribution in [0.1, 0.15) is 0 Å². The number of rotatable bonds is 6. The molecule has 2 amide bonds. The molecule has 1 N–H and O–H groups in total. The number of benzene rings is 2. The lowest BCUT2D eigenvalue weighted by Gasteiger charge is -2.34. The van der Waals surface area contributed by atoms with Gasteiger partial charge in [0.1, 0.15) is 11.6 Å². The lowest BCUT2D eigenvalue weighted by Crippen LogP contribution is -2.50. The molecular weight excluding hydrogens is 384 g/mol. The van der Waals surface area contributed by atoms with Gasteiger partial charge >= 0.3 is 0 Å². The summed E-state index contributed by atoms with van der Waals surface area (Å²) in [6, 6.07) is 11.8. The highest BCUT2D eigenvalue weighted by Gasteiger charge is 2.22. The molecule has 0 aliphatic carbocycles. The predicted octanol–water partition coefficient (Wildman–Crippen LogP) is 2.84. The molecule has 1 heterocycles. The fraction of sp³-hybridized carbons (Fsp3) is 0.300. The molecule has 148 valence electrons. The molecule has 5 nitrogen and oxygen atoms in total. The number of carbonyl (C=O) groups is 2. The summed E-state index contributed by atoms with van der Waals surface area (Å²) in [6.45, 7) is 2.50. The smallest absolute Gasteiger partial charge is 0.238 e. The number of amides is 2. The summed E-state index contributed by atoms with van der Waals surface area (Å²) in [4.78, 5) is 29.0. The summed E-state index contributed by atoms with van der Waals surface area (Å²) in [6.07, 6.45) is 0. The number of carbonyl (C=O) groups excluding carboxylic acids is 2. The number of hydrogen-bond donors (Lipinski definition) is 1. The molecular formula is C20H21F2N3O2S. The summed E-state index contributed by atoms with van der Waals surface area (Å²) in [5.41, 5.74) is 0.427. The first-order valence-electron chi connectivity index (χ1n) is 8.93. The Balaban J connectivity index is 1.39. The van der Waals surface area contributed by atoms with Crippen LogP contribution in [0.2, 0.25) is 0 Å². The summed E-state index contributed by atoms with van der Waals surface area (Å²) < 4.78 is 26.1. The number of nitrogens with zero attached hydrogens (tertiary/aromatic N) is 2. The quantitative estimate of drug-likeness (QED) is 0.751. The summed E-state index contributed by atoms with van der Waals surface area (Å²) in [5.74, 6) is -0.585. The van der Waals surface area contributed by atoms with Crippen LogP contribution in [0.5, 0.6) is 0 Å². The number of nitrogens with one attached hydrogen (secondary N) is 1. The van der Waals surface area contributed by atoms with Crippen LogP contribution in [0.3, 0.4) is 0 Å². The molecule has 1 aliphatic heterocycles. The molecule has 3 rings (SSSR count). The van der Waals surface area contributed by atoms with Crippen LogP contribution in [0.4, 0.5) is 14.5 Å². The van der Waals surface area contributed by atoms with Gasteiger partial charge in [-0.05, 0) is 42.5 Å². The molecule has 0 atom stereocenters. The van der Waals surface area contributed by atoms with Gasteiger partial charge in [0.2, 0.25) is 11.8 Å². The topological polar surface area (TPSA) is 52.7 Å². The minimum atomic E-state index is -0.400. The Bertz CT molecular complexity index is 824. The van der Waals surface area contributed by atoms with Crippen molar-refractivity contribution in [3.8, 4) is 0 Å². The van der Waals surface area contributed by atoms with Crippen molar-refractivity contribution >= 4 is 29.3 Å². The highest BCUT2D eigenvalue weighted by atomic mass is 32.2. The van der Waals surface area contributed by atoms with Crippen molar-refractivity contribution in [1.29, 1.82) is 0 Å². The average Bonchev–Trinajstić information content (AvgIpc) is 2.68. The van der Waals surface area contributed by atoms with Gasteiger partial charge in [-0.25, -0.2) is 8.78 Å². The number of halogens is 2. The van der Waals surface area contributed by atoms with Crippen LogP contribution in [0, 0.1) is 11.6 Å². The molecule has 2 aromatic rings. The van der Waals surface area contributed by atoms with Crippen LogP contribution in [-0.4, -0.2) is 60.1 Å². The van der Waals surface area contributed by atoms with Crippen molar-refractivity contribution in [2.75, 3.05) is 43.8 Å². The zero-order valence-corrected chi connectivity index (χ0v) is 16.1. The minimum absolute atomic E-state index is 0.0261. The molecule has 2 aromatic carbocycles. The van der Waals surface area contributed by atoms with Crippen LogP contribution in [-0.2, 0) is 9.59 Å². The third-order valence-corrected chi connectivity index (χ3v) is 5.37. The predicted molar refractivity (Wildman–Crippen MR) is 105 cm³/mol. The molecule has 28 heavy (non-hydrogen) atoms. The van der Waals surface area contributed by atoms with Gasteiger partial charge < -0.3 is 10.2 Å². The Hall–Kier alpha value is -2.45. The average molecular weight is 405 g/mol. The zero-order chi connectivity index (χ0) is 19.9. The van der Waals surface area contributed by atoms with Crippen molar-refractivity contribution in [2.45, 2.75) is 4.90 Å². The highest BCUT2D eigenvalue weighted by Crippen LogP contribution is 2.19. The number of hydrogen-bond acceptors (Lipinski definition) is 4. The maximum absolute atomic E-state index is 13.2. The van der Waals surface area contributed by atoms with Gasteiger partial charge in [-0.1, -0.05) is 6.07 Å².